The van der Waals surface area contributed by atoms with Gasteiger partial charge in [-0.05, 0) is 36.8 Å². The van der Waals surface area contributed by atoms with Crippen molar-refractivity contribution in [1.82, 2.24) is 14.5 Å². The molecule has 0 saturated carbocycles. The van der Waals surface area contributed by atoms with Crippen molar-refractivity contribution in [3.63, 3.8) is 0 Å². The second kappa shape index (κ2) is 6.81. The number of pyridine rings is 1. The van der Waals surface area contributed by atoms with Gasteiger partial charge in [-0.3, -0.25) is 4.98 Å². The van der Waals surface area contributed by atoms with Gasteiger partial charge in [0.25, 0.3) is 0 Å². The Morgan fingerprint density at radius 3 is 2.58 bits per heavy atom. The molecule has 4 nitrogen and oxygen atoms in total. The van der Waals surface area contributed by atoms with Crippen LogP contribution in [-0.2, 0) is 7.05 Å². The Bertz CT molecular complexity index is 1050. The number of halogens is 1. The van der Waals surface area contributed by atoms with Crippen LogP contribution in [0, 0.1) is 6.92 Å². The quantitative estimate of drug-likeness (QED) is 0.547. The van der Waals surface area contributed by atoms with E-state index in [1.165, 1.54) is 0 Å². The first-order valence-electron chi connectivity index (χ1n) is 8.47. The summed E-state index contributed by atoms with van der Waals surface area (Å²) in [5, 5.41) is 5.48. The fourth-order valence-corrected chi connectivity index (χ4v) is 3.32. The Morgan fingerprint density at radius 1 is 1.08 bits per heavy atom. The van der Waals surface area contributed by atoms with E-state index in [2.05, 4.69) is 27.4 Å². The molecule has 0 aliphatic carbocycles. The minimum Gasteiger partial charge on any atom is -0.371 e. The van der Waals surface area contributed by atoms with Crippen LogP contribution in [0.1, 0.15) is 23.1 Å². The molecule has 5 heteroatoms. The van der Waals surface area contributed by atoms with Crippen molar-refractivity contribution in [3.05, 3.63) is 89.1 Å². The summed E-state index contributed by atoms with van der Waals surface area (Å²) in [7, 11) is 2.00. The van der Waals surface area contributed by atoms with Crippen molar-refractivity contribution < 1.29 is 0 Å². The van der Waals surface area contributed by atoms with Crippen molar-refractivity contribution in [2.24, 2.45) is 7.05 Å². The summed E-state index contributed by atoms with van der Waals surface area (Å²) < 4.78 is 2.03. The molecule has 1 N–H and O–H groups in total. The zero-order valence-electron chi connectivity index (χ0n) is 14.6. The maximum absolute atomic E-state index is 6.08. The van der Waals surface area contributed by atoms with E-state index < -0.39 is 0 Å². The number of para-hydroxylation sites is 1. The van der Waals surface area contributed by atoms with E-state index in [0.29, 0.717) is 0 Å². The van der Waals surface area contributed by atoms with E-state index in [9.17, 15) is 0 Å². The predicted molar refractivity (Wildman–Crippen MR) is 107 cm³/mol. The molecule has 4 rings (SSSR count). The van der Waals surface area contributed by atoms with Crippen LogP contribution in [0.3, 0.4) is 0 Å². The minimum atomic E-state index is -0.0996. The van der Waals surface area contributed by atoms with Gasteiger partial charge in [-0.25, -0.2) is 4.98 Å². The molecule has 0 radical (unpaired) electrons. The van der Waals surface area contributed by atoms with Crippen LogP contribution in [0.2, 0.25) is 5.02 Å². The molecule has 0 aliphatic heterocycles. The molecular weight excluding hydrogens is 344 g/mol. The Morgan fingerprint density at radius 2 is 1.85 bits per heavy atom. The summed E-state index contributed by atoms with van der Waals surface area (Å²) in [6.45, 7) is 2.01. The smallest absolute Gasteiger partial charge is 0.135 e. The molecular formula is C21H19ClN4. The molecule has 0 fully saturated rings. The zero-order valence-corrected chi connectivity index (χ0v) is 15.4. The van der Waals surface area contributed by atoms with E-state index in [0.717, 1.165) is 38.7 Å². The molecule has 0 aliphatic rings. The molecule has 0 bridgehead atoms. The Balaban J connectivity index is 1.84. The monoisotopic (exact) mass is 362 g/mol. The highest BCUT2D eigenvalue weighted by Gasteiger charge is 2.19. The highest BCUT2D eigenvalue weighted by molar-refractivity contribution is 6.30. The highest BCUT2D eigenvalue weighted by Crippen LogP contribution is 2.30. The number of aromatic nitrogens is 3. The van der Waals surface area contributed by atoms with Crippen LogP contribution in [0.4, 0.5) is 5.69 Å². The largest absolute Gasteiger partial charge is 0.371 e. The fraction of sp³-hybridized carbons (Fsp3) is 0.143. The molecule has 0 amide bonds. The number of hydrogen-bond donors (Lipinski definition) is 1. The molecule has 130 valence electrons. The number of nitrogens with zero attached hydrogens (tertiary/aromatic N) is 3. The molecule has 2 aromatic heterocycles. The lowest BCUT2D eigenvalue weighted by Crippen LogP contribution is -2.17. The topological polar surface area (TPSA) is 42.7 Å². The van der Waals surface area contributed by atoms with E-state index >= 15 is 0 Å². The Labute approximate surface area is 157 Å². The molecule has 1 atom stereocenters. The second-order valence-electron chi connectivity index (χ2n) is 6.35. The van der Waals surface area contributed by atoms with Crippen molar-refractivity contribution in [3.8, 4) is 0 Å². The number of anilines is 1. The predicted octanol–water partition coefficient (Wildman–Crippen LogP) is 5.13. The molecule has 26 heavy (non-hydrogen) atoms. The highest BCUT2D eigenvalue weighted by atomic mass is 35.5. The van der Waals surface area contributed by atoms with Gasteiger partial charge in [-0.15, -0.1) is 0 Å². The normalized spacial score (nSPS) is 12.3. The minimum absolute atomic E-state index is 0.0996. The first-order valence-corrected chi connectivity index (χ1v) is 8.85. The Hall–Kier alpha value is -2.85. The summed E-state index contributed by atoms with van der Waals surface area (Å²) in [5.74, 6) is 0.936. The van der Waals surface area contributed by atoms with Gasteiger partial charge in [0.2, 0.25) is 0 Å². The lowest BCUT2D eigenvalue weighted by Gasteiger charge is -2.22. The average molecular weight is 363 g/mol. The lowest BCUT2D eigenvalue weighted by atomic mass is 10.0. The fourth-order valence-electron chi connectivity index (χ4n) is 3.19. The van der Waals surface area contributed by atoms with Crippen molar-refractivity contribution >= 4 is 28.2 Å². The van der Waals surface area contributed by atoms with E-state index in [4.69, 9.17) is 11.6 Å². The van der Waals surface area contributed by atoms with Gasteiger partial charge in [0.1, 0.15) is 11.9 Å². The molecule has 0 spiro atoms. The summed E-state index contributed by atoms with van der Waals surface area (Å²) in [6, 6.07) is 18.0. The number of aryl methyl sites for hydroxylation is 2. The third-order valence-electron chi connectivity index (χ3n) is 4.46. The van der Waals surface area contributed by atoms with Crippen LogP contribution in [0.15, 0.2) is 67.0 Å². The first kappa shape index (κ1) is 16.6. The molecule has 2 heterocycles. The number of benzene rings is 2. The molecule has 2 aromatic carbocycles. The third kappa shape index (κ3) is 3.16. The molecule has 4 aromatic rings. The van der Waals surface area contributed by atoms with Crippen LogP contribution in [0.5, 0.6) is 0 Å². The van der Waals surface area contributed by atoms with Crippen molar-refractivity contribution in [1.29, 1.82) is 0 Å². The van der Waals surface area contributed by atoms with Crippen LogP contribution >= 0.6 is 11.6 Å². The molecule has 0 saturated heterocycles. The Kier molecular flexibility index (Phi) is 4.35. The van der Waals surface area contributed by atoms with Gasteiger partial charge < -0.3 is 9.88 Å². The van der Waals surface area contributed by atoms with Crippen molar-refractivity contribution in [2.75, 3.05) is 5.32 Å². The van der Waals surface area contributed by atoms with Gasteiger partial charge in [0.05, 0.1) is 5.52 Å². The first-order chi connectivity index (χ1) is 12.6. The van der Waals surface area contributed by atoms with Crippen LogP contribution < -0.4 is 5.32 Å². The number of hydrogen-bond acceptors (Lipinski definition) is 3. The number of imidazole rings is 1. The van der Waals surface area contributed by atoms with E-state index in [1.807, 2.05) is 73.4 Å². The zero-order chi connectivity index (χ0) is 18.1. The van der Waals surface area contributed by atoms with E-state index in [1.54, 1.807) is 0 Å². The van der Waals surface area contributed by atoms with Crippen molar-refractivity contribution in [2.45, 2.75) is 13.0 Å². The van der Waals surface area contributed by atoms with Crippen LogP contribution in [-0.4, -0.2) is 14.5 Å². The maximum atomic E-state index is 6.08. The van der Waals surface area contributed by atoms with E-state index in [-0.39, 0.29) is 6.04 Å². The molecule has 1 unspecified atom stereocenters. The summed E-state index contributed by atoms with van der Waals surface area (Å²) in [6.07, 6.45) is 3.77. The van der Waals surface area contributed by atoms with Crippen LogP contribution in [0.25, 0.3) is 10.9 Å². The van der Waals surface area contributed by atoms with Gasteiger partial charge in [0.15, 0.2) is 0 Å². The van der Waals surface area contributed by atoms with Gasteiger partial charge in [0, 0.05) is 41.2 Å². The standard InChI is InChI=1S/C21H19ClN4/c1-14-13-19(17-5-3-4-6-18(17)24-14)25-20(21-23-11-12-26(21)2)15-7-9-16(22)10-8-15/h3-13,20H,1-2H3,(H,24,25). The number of nitrogens with one attached hydrogen (secondary N) is 1. The van der Waals surface area contributed by atoms with Gasteiger partial charge in [-0.1, -0.05) is 41.9 Å². The summed E-state index contributed by atoms with van der Waals surface area (Å²) in [4.78, 5) is 9.20. The summed E-state index contributed by atoms with van der Waals surface area (Å²) in [5.41, 5.74) is 4.09. The number of fused-ring (bicyclic) bond motifs is 1. The average Bonchev–Trinajstić information content (AvgIpc) is 3.06. The lowest BCUT2D eigenvalue weighted by molar-refractivity contribution is 0.749. The number of rotatable bonds is 4. The van der Waals surface area contributed by atoms with Gasteiger partial charge >= 0.3 is 0 Å². The maximum Gasteiger partial charge on any atom is 0.135 e. The summed E-state index contributed by atoms with van der Waals surface area (Å²) >= 11 is 6.08. The van der Waals surface area contributed by atoms with Gasteiger partial charge in [-0.2, -0.15) is 0 Å². The third-order valence-corrected chi connectivity index (χ3v) is 4.72. The second-order valence-corrected chi connectivity index (χ2v) is 6.79. The SMILES string of the molecule is Cc1cc(NC(c2ccc(Cl)cc2)c2nccn2C)c2ccccc2n1.